The van der Waals surface area contributed by atoms with Gasteiger partial charge in [-0.3, -0.25) is 10.1 Å². The summed E-state index contributed by atoms with van der Waals surface area (Å²) in [6.07, 6.45) is 0.735. The van der Waals surface area contributed by atoms with Gasteiger partial charge in [-0.05, 0) is 24.1 Å². The molecule has 1 aromatic carbocycles. The van der Waals surface area contributed by atoms with Crippen LogP contribution in [-0.4, -0.2) is 16.7 Å². The molecule has 1 aromatic rings. The summed E-state index contributed by atoms with van der Waals surface area (Å²) in [7, 11) is 0. The molecule has 0 bridgehead atoms. The number of non-ortho nitro benzene ring substituents is 1. The fourth-order valence-corrected chi connectivity index (χ4v) is 1.55. The molecule has 0 spiro atoms. The number of hydrogen-bond acceptors (Lipinski definition) is 5. The van der Waals surface area contributed by atoms with Crippen LogP contribution in [0.2, 0.25) is 0 Å². The monoisotopic (exact) mass is 231 g/mol. The summed E-state index contributed by atoms with van der Waals surface area (Å²) < 4.78 is 0. The fraction of sp³-hybridized carbons (Fsp3) is 0.273. The van der Waals surface area contributed by atoms with E-state index in [-0.39, 0.29) is 5.69 Å². The highest BCUT2D eigenvalue weighted by Crippen LogP contribution is 2.18. The van der Waals surface area contributed by atoms with Gasteiger partial charge < -0.3 is 4.84 Å². The average Bonchev–Trinajstić information content (AvgIpc) is 2.39. The van der Waals surface area contributed by atoms with Crippen molar-refractivity contribution in [3.8, 4) is 6.07 Å². The molecule has 0 fully saturated rings. The molecule has 0 radical (unpaired) electrons. The molecule has 0 aromatic heterocycles. The zero-order valence-corrected chi connectivity index (χ0v) is 8.87. The van der Waals surface area contributed by atoms with Crippen LogP contribution in [0, 0.1) is 21.4 Å². The Morgan fingerprint density at radius 3 is 2.65 bits per heavy atom. The molecule has 17 heavy (non-hydrogen) atoms. The second kappa shape index (κ2) is 4.61. The lowest BCUT2D eigenvalue weighted by molar-refractivity contribution is -0.384. The Hall–Kier alpha value is -2.42. The van der Waals surface area contributed by atoms with E-state index in [1.54, 1.807) is 12.1 Å². The molecular formula is C11H9N3O3. The SMILES string of the molecule is N#CC1CCC(c2ccc([N+](=O)[O-])cc2)=NO1. The third kappa shape index (κ3) is 2.39. The molecule has 0 aliphatic carbocycles. The number of nitrogens with zero attached hydrogens (tertiary/aromatic N) is 3. The van der Waals surface area contributed by atoms with Gasteiger partial charge in [-0.1, -0.05) is 5.16 Å². The number of hydrogen-bond donors (Lipinski definition) is 0. The van der Waals surface area contributed by atoms with Crippen molar-refractivity contribution in [2.75, 3.05) is 0 Å². The summed E-state index contributed by atoms with van der Waals surface area (Å²) in [5.41, 5.74) is 1.54. The third-order valence-corrected chi connectivity index (χ3v) is 2.49. The van der Waals surface area contributed by atoms with Crippen molar-refractivity contribution in [2.45, 2.75) is 18.9 Å². The standard InChI is InChI=1S/C11H9N3O3/c12-7-10-5-6-11(13-17-10)8-1-3-9(4-2-8)14(15)16/h1-4,10H,5-6H2. The first kappa shape index (κ1) is 11.1. The number of benzene rings is 1. The van der Waals surface area contributed by atoms with Crippen LogP contribution >= 0.6 is 0 Å². The van der Waals surface area contributed by atoms with Crippen LogP contribution < -0.4 is 0 Å². The van der Waals surface area contributed by atoms with Crippen molar-refractivity contribution in [1.29, 1.82) is 5.26 Å². The highest BCUT2D eigenvalue weighted by molar-refractivity contribution is 6.00. The van der Waals surface area contributed by atoms with Gasteiger partial charge in [-0.25, -0.2) is 0 Å². The van der Waals surface area contributed by atoms with Gasteiger partial charge in [0, 0.05) is 18.6 Å². The minimum atomic E-state index is -0.489. The zero-order chi connectivity index (χ0) is 12.3. The van der Waals surface area contributed by atoms with Crippen molar-refractivity contribution in [2.24, 2.45) is 5.16 Å². The topological polar surface area (TPSA) is 88.5 Å². The lowest BCUT2D eigenvalue weighted by Gasteiger charge is -2.15. The van der Waals surface area contributed by atoms with Gasteiger partial charge in [0.2, 0.25) is 6.10 Å². The zero-order valence-electron chi connectivity index (χ0n) is 8.87. The highest BCUT2D eigenvalue weighted by Gasteiger charge is 2.18. The summed E-state index contributed by atoms with van der Waals surface area (Å²) in [5, 5.41) is 23.0. The van der Waals surface area contributed by atoms with Gasteiger partial charge in [0.15, 0.2) is 0 Å². The Morgan fingerprint density at radius 2 is 2.18 bits per heavy atom. The normalized spacial score (nSPS) is 18.8. The van der Waals surface area contributed by atoms with Gasteiger partial charge >= 0.3 is 0 Å². The molecule has 2 rings (SSSR count). The molecule has 6 nitrogen and oxygen atoms in total. The van der Waals surface area contributed by atoms with E-state index in [1.807, 2.05) is 6.07 Å². The van der Waals surface area contributed by atoms with E-state index in [2.05, 4.69) is 5.16 Å². The molecule has 0 N–H and O–H groups in total. The van der Waals surface area contributed by atoms with E-state index in [4.69, 9.17) is 10.1 Å². The molecular weight excluding hydrogens is 222 g/mol. The minimum Gasteiger partial charge on any atom is -0.377 e. The van der Waals surface area contributed by atoms with Crippen LogP contribution in [-0.2, 0) is 4.84 Å². The lowest BCUT2D eigenvalue weighted by atomic mass is 10.0. The largest absolute Gasteiger partial charge is 0.377 e. The Bertz CT molecular complexity index is 502. The smallest absolute Gasteiger partial charge is 0.269 e. The molecule has 86 valence electrons. The van der Waals surface area contributed by atoms with Crippen LogP contribution in [0.25, 0.3) is 0 Å². The van der Waals surface area contributed by atoms with Crippen LogP contribution in [0.1, 0.15) is 18.4 Å². The Labute approximate surface area is 97.3 Å². The van der Waals surface area contributed by atoms with E-state index in [1.165, 1.54) is 12.1 Å². The van der Waals surface area contributed by atoms with Gasteiger partial charge in [0.1, 0.15) is 6.07 Å². The van der Waals surface area contributed by atoms with Crippen molar-refractivity contribution in [1.82, 2.24) is 0 Å². The molecule has 6 heteroatoms. The predicted molar refractivity (Wildman–Crippen MR) is 59.4 cm³/mol. The van der Waals surface area contributed by atoms with Gasteiger partial charge in [-0.2, -0.15) is 5.26 Å². The molecule has 1 unspecified atom stereocenters. The van der Waals surface area contributed by atoms with E-state index in [0.717, 1.165) is 5.56 Å². The van der Waals surface area contributed by atoms with Crippen molar-refractivity contribution in [3.63, 3.8) is 0 Å². The third-order valence-electron chi connectivity index (χ3n) is 2.49. The first-order valence-corrected chi connectivity index (χ1v) is 5.08. The molecule has 0 amide bonds. The van der Waals surface area contributed by atoms with Gasteiger partial charge in [-0.15, -0.1) is 0 Å². The molecule has 1 heterocycles. The molecule has 1 aliphatic heterocycles. The Balaban J connectivity index is 2.16. The highest BCUT2D eigenvalue weighted by atomic mass is 16.6. The van der Waals surface area contributed by atoms with Gasteiger partial charge in [0.25, 0.3) is 5.69 Å². The number of nitro groups is 1. The summed E-state index contributed by atoms with van der Waals surface area (Å²) in [6, 6.07) is 8.09. The fourth-order valence-electron chi connectivity index (χ4n) is 1.55. The van der Waals surface area contributed by atoms with E-state index >= 15 is 0 Å². The van der Waals surface area contributed by atoms with Gasteiger partial charge in [0.05, 0.1) is 10.6 Å². The summed E-state index contributed by atoms with van der Waals surface area (Å²) >= 11 is 0. The Kier molecular flexibility index (Phi) is 3.01. The van der Waals surface area contributed by atoms with Crippen molar-refractivity contribution < 1.29 is 9.76 Å². The second-order valence-corrected chi connectivity index (χ2v) is 3.60. The minimum absolute atomic E-state index is 0.0426. The summed E-state index contributed by atoms with van der Waals surface area (Å²) in [5.74, 6) is 0. The molecule has 1 atom stereocenters. The summed E-state index contributed by atoms with van der Waals surface area (Å²) in [4.78, 5) is 15.0. The number of nitriles is 1. The number of nitro benzene ring substituents is 1. The maximum Gasteiger partial charge on any atom is 0.269 e. The van der Waals surface area contributed by atoms with Crippen LogP contribution in [0.3, 0.4) is 0 Å². The average molecular weight is 231 g/mol. The predicted octanol–water partition coefficient (Wildman–Crippen LogP) is 2.00. The molecule has 0 saturated heterocycles. The van der Waals surface area contributed by atoms with E-state index in [0.29, 0.717) is 18.6 Å². The first-order valence-electron chi connectivity index (χ1n) is 5.08. The Morgan fingerprint density at radius 1 is 1.47 bits per heavy atom. The molecule has 1 aliphatic rings. The van der Waals surface area contributed by atoms with Crippen LogP contribution in [0.5, 0.6) is 0 Å². The van der Waals surface area contributed by atoms with Crippen molar-refractivity contribution in [3.05, 3.63) is 39.9 Å². The van der Waals surface area contributed by atoms with E-state index in [9.17, 15) is 10.1 Å². The maximum absolute atomic E-state index is 10.5. The van der Waals surface area contributed by atoms with Crippen molar-refractivity contribution >= 4 is 11.4 Å². The number of oxime groups is 1. The molecule has 0 saturated carbocycles. The summed E-state index contributed by atoms with van der Waals surface area (Å²) in [6.45, 7) is 0. The van der Waals surface area contributed by atoms with Crippen LogP contribution in [0.15, 0.2) is 29.4 Å². The first-order chi connectivity index (χ1) is 8.20. The number of rotatable bonds is 2. The van der Waals surface area contributed by atoms with Crippen LogP contribution in [0.4, 0.5) is 5.69 Å². The van der Waals surface area contributed by atoms with E-state index < -0.39 is 11.0 Å². The quantitative estimate of drug-likeness (QED) is 0.575. The second-order valence-electron chi connectivity index (χ2n) is 3.60. The maximum atomic E-state index is 10.5. The lowest BCUT2D eigenvalue weighted by Crippen LogP contribution is -2.17.